The summed E-state index contributed by atoms with van der Waals surface area (Å²) < 4.78 is 6.00. The van der Waals surface area contributed by atoms with E-state index in [9.17, 15) is 14.7 Å². The molecule has 2 amide bonds. The lowest BCUT2D eigenvalue weighted by Gasteiger charge is -2.40. The number of aliphatic hydroxyl groups is 1. The molecular formula is C30H38N4O3S. The molecule has 1 aromatic heterocycles. The molecule has 2 bridgehead atoms. The van der Waals surface area contributed by atoms with Crippen molar-refractivity contribution in [1.29, 1.82) is 0 Å². The third kappa shape index (κ3) is 3.86. The molecule has 8 heteroatoms. The highest BCUT2D eigenvalue weighted by molar-refractivity contribution is 7.13. The van der Waals surface area contributed by atoms with Crippen molar-refractivity contribution in [2.75, 3.05) is 44.2 Å². The smallest absolute Gasteiger partial charge is 0.257 e. The molecule has 4 fully saturated rings. The van der Waals surface area contributed by atoms with Crippen LogP contribution in [0.3, 0.4) is 0 Å². The van der Waals surface area contributed by atoms with Gasteiger partial charge in [0.25, 0.3) is 5.91 Å². The predicted molar refractivity (Wildman–Crippen MR) is 149 cm³/mol. The van der Waals surface area contributed by atoms with Gasteiger partial charge in [0.1, 0.15) is 5.82 Å². The van der Waals surface area contributed by atoms with Crippen LogP contribution in [-0.4, -0.2) is 76.0 Å². The van der Waals surface area contributed by atoms with Crippen molar-refractivity contribution in [2.24, 2.45) is 23.7 Å². The number of fused-ring (bicyclic) bond motifs is 5. The number of hydrogen-bond acceptors (Lipinski definition) is 7. The van der Waals surface area contributed by atoms with Crippen molar-refractivity contribution in [3.8, 4) is 0 Å². The molecule has 2 aliphatic heterocycles. The summed E-state index contributed by atoms with van der Waals surface area (Å²) in [6, 6.07) is 8.48. The summed E-state index contributed by atoms with van der Waals surface area (Å²) in [6.45, 7) is 7.59. The van der Waals surface area contributed by atoms with Gasteiger partial charge in [0.2, 0.25) is 5.91 Å². The zero-order chi connectivity index (χ0) is 26.0. The fourth-order valence-corrected chi connectivity index (χ4v) is 9.01. The van der Waals surface area contributed by atoms with E-state index < -0.39 is 11.5 Å². The number of likely N-dealkylation sites (tertiary alicyclic amines) is 1. The number of hydrogen-bond donors (Lipinski definition) is 1. The van der Waals surface area contributed by atoms with E-state index in [1.165, 1.54) is 29.3 Å². The maximum atomic E-state index is 13.5. The second-order valence-electron chi connectivity index (χ2n) is 12.3. The van der Waals surface area contributed by atoms with Gasteiger partial charge in [-0.25, -0.2) is 0 Å². The molecule has 2 aromatic rings. The van der Waals surface area contributed by atoms with Crippen molar-refractivity contribution >= 4 is 39.3 Å². The number of imide groups is 1. The standard InChI is InChI=1S/C30H38N4O3S/c1-2-30(37)16-21-15-23(30)26-25(21)28(35)34(29(26)36)18-20-8-4-3-7-19(20)17-32-11-13-33(14-12-32)27-22-9-5-6-10-24(22)38-31-27/h5-6,9-10,19-20,23,26,37H,2-4,7-8,11-18H2,1H3/t19-,20-,23-,26+,30-/m0/s1. The molecule has 5 aliphatic rings. The highest BCUT2D eigenvalue weighted by atomic mass is 32.1. The molecule has 0 unspecified atom stereocenters. The maximum absolute atomic E-state index is 13.5. The summed E-state index contributed by atoms with van der Waals surface area (Å²) >= 11 is 1.58. The third-order valence-corrected chi connectivity index (χ3v) is 11.2. The molecule has 1 aromatic carbocycles. The Bertz CT molecular complexity index is 1300. The zero-order valence-electron chi connectivity index (χ0n) is 22.3. The van der Waals surface area contributed by atoms with Crippen LogP contribution in [0.5, 0.6) is 0 Å². The van der Waals surface area contributed by atoms with E-state index in [-0.39, 0.29) is 17.7 Å². The number of piperazine rings is 1. The summed E-state index contributed by atoms with van der Waals surface area (Å²) in [4.78, 5) is 33.6. The van der Waals surface area contributed by atoms with Gasteiger partial charge < -0.3 is 10.0 Å². The largest absolute Gasteiger partial charge is 0.389 e. The lowest BCUT2D eigenvalue weighted by molar-refractivity contribution is -0.142. The second-order valence-corrected chi connectivity index (χ2v) is 13.1. The van der Waals surface area contributed by atoms with Crippen LogP contribution in [0.25, 0.3) is 10.1 Å². The Morgan fingerprint density at radius 3 is 2.55 bits per heavy atom. The van der Waals surface area contributed by atoms with Gasteiger partial charge in [0.15, 0.2) is 0 Å². The molecule has 202 valence electrons. The van der Waals surface area contributed by atoms with Crippen LogP contribution in [0.2, 0.25) is 0 Å². The van der Waals surface area contributed by atoms with Gasteiger partial charge in [-0.3, -0.25) is 19.4 Å². The Morgan fingerprint density at radius 2 is 1.79 bits per heavy atom. The van der Waals surface area contributed by atoms with Gasteiger partial charge in [-0.05, 0) is 67.6 Å². The predicted octanol–water partition coefficient (Wildman–Crippen LogP) is 4.07. The SMILES string of the molecule is CC[C@]1(O)CC2=C3C(=O)N(C[C@@H]4CCCC[C@H]4CN4CCN(c5nsc6ccccc56)CC4)C(=O)[C@@H]3[C@@H]1C2. The number of carbonyl (C=O) groups excluding carboxylic acids is 2. The average Bonchev–Trinajstić information content (AvgIpc) is 3.68. The Hall–Kier alpha value is -2.29. The minimum Gasteiger partial charge on any atom is -0.389 e. The number of rotatable bonds is 6. The first-order chi connectivity index (χ1) is 18.5. The number of carbonyl (C=O) groups is 2. The number of amides is 2. The number of aromatic nitrogens is 1. The third-order valence-electron chi connectivity index (χ3n) is 10.4. The first-order valence-electron chi connectivity index (χ1n) is 14.6. The Morgan fingerprint density at radius 1 is 1.05 bits per heavy atom. The molecule has 7 rings (SSSR count). The minimum atomic E-state index is -0.810. The minimum absolute atomic E-state index is 0.0370. The molecule has 3 aliphatic carbocycles. The average molecular weight is 535 g/mol. The summed E-state index contributed by atoms with van der Waals surface area (Å²) in [6.07, 6.45) is 6.61. The van der Waals surface area contributed by atoms with Gasteiger partial charge in [0, 0.05) is 56.1 Å². The normalized spacial score (nSPS) is 33.7. The van der Waals surface area contributed by atoms with Crippen molar-refractivity contribution in [1.82, 2.24) is 14.2 Å². The van der Waals surface area contributed by atoms with Gasteiger partial charge in [0.05, 0.1) is 16.2 Å². The van der Waals surface area contributed by atoms with Gasteiger partial charge in [-0.1, -0.05) is 37.5 Å². The van der Waals surface area contributed by atoms with E-state index in [2.05, 4.69) is 34.1 Å². The molecule has 1 N–H and O–H groups in total. The monoisotopic (exact) mass is 534 g/mol. The van der Waals surface area contributed by atoms with Crippen molar-refractivity contribution < 1.29 is 14.7 Å². The van der Waals surface area contributed by atoms with Crippen LogP contribution in [0.15, 0.2) is 35.4 Å². The lowest BCUT2D eigenvalue weighted by atomic mass is 9.75. The molecule has 0 spiro atoms. The Kier molecular flexibility index (Phi) is 6.13. The molecule has 0 radical (unpaired) electrons. The van der Waals surface area contributed by atoms with Crippen LogP contribution in [0.4, 0.5) is 5.82 Å². The Balaban J connectivity index is 1.00. The summed E-state index contributed by atoms with van der Waals surface area (Å²) in [5.41, 5.74) is 0.989. The number of anilines is 1. The van der Waals surface area contributed by atoms with Crippen LogP contribution < -0.4 is 4.90 Å². The Labute approximate surface area is 228 Å². The zero-order valence-corrected chi connectivity index (χ0v) is 23.1. The van der Waals surface area contributed by atoms with Gasteiger partial charge in [-0.15, -0.1) is 0 Å². The fourth-order valence-electron chi connectivity index (χ4n) is 8.21. The van der Waals surface area contributed by atoms with E-state index in [1.807, 2.05) is 6.92 Å². The van der Waals surface area contributed by atoms with E-state index in [1.54, 1.807) is 16.4 Å². The lowest BCUT2D eigenvalue weighted by Crippen LogP contribution is -2.49. The highest BCUT2D eigenvalue weighted by Crippen LogP contribution is 2.58. The van der Waals surface area contributed by atoms with E-state index >= 15 is 0 Å². The molecule has 2 saturated heterocycles. The first kappa shape index (κ1) is 24.7. The summed E-state index contributed by atoms with van der Waals surface area (Å²) in [7, 11) is 0. The first-order valence-corrected chi connectivity index (χ1v) is 15.4. The van der Waals surface area contributed by atoms with Crippen LogP contribution >= 0.6 is 11.5 Å². The molecule has 5 atom stereocenters. The quantitative estimate of drug-likeness (QED) is 0.563. The van der Waals surface area contributed by atoms with E-state index in [4.69, 9.17) is 4.37 Å². The van der Waals surface area contributed by atoms with Gasteiger partial charge >= 0.3 is 0 Å². The molecule has 2 saturated carbocycles. The van der Waals surface area contributed by atoms with E-state index in [0.717, 1.165) is 62.5 Å². The maximum Gasteiger partial charge on any atom is 0.257 e. The molecule has 7 nitrogen and oxygen atoms in total. The summed E-state index contributed by atoms with van der Waals surface area (Å²) in [5.74, 6) is 1.41. The molecule has 38 heavy (non-hydrogen) atoms. The van der Waals surface area contributed by atoms with Crippen LogP contribution in [0.1, 0.15) is 51.9 Å². The topological polar surface area (TPSA) is 77.0 Å². The summed E-state index contributed by atoms with van der Waals surface area (Å²) in [5, 5.41) is 12.3. The number of benzene rings is 1. The van der Waals surface area contributed by atoms with Gasteiger partial charge in [-0.2, -0.15) is 4.37 Å². The van der Waals surface area contributed by atoms with Crippen molar-refractivity contribution in [2.45, 2.75) is 57.5 Å². The van der Waals surface area contributed by atoms with Crippen LogP contribution in [-0.2, 0) is 9.59 Å². The highest BCUT2D eigenvalue weighted by Gasteiger charge is 2.62. The van der Waals surface area contributed by atoms with E-state index in [0.29, 0.717) is 31.2 Å². The molecular weight excluding hydrogens is 496 g/mol. The second kappa shape index (κ2) is 9.42. The fraction of sp³-hybridized carbons (Fsp3) is 0.633. The van der Waals surface area contributed by atoms with Crippen molar-refractivity contribution in [3.63, 3.8) is 0 Å². The number of nitrogens with zero attached hydrogens (tertiary/aromatic N) is 4. The molecule has 3 heterocycles. The van der Waals surface area contributed by atoms with Crippen LogP contribution in [0, 0.1) is 23.7 Å². The van der Waals surface area contributed by atoms with Crippen molar-refractivity contribution in [3.05, 3.63) is 35.4 Å².